The van der Waals surface area contributed by atoms with E-state index < -0.39 is 6.03 Å². The monoisotopic (exact) mass is 295 g/mol. The summed E-state index contributed by atoms with van der Waals surface area (Å²) in [7, 11) is 0. The zero-order valence-corrected chi connectivity index (χ0v) is 12.2. The van der Waals surface area contributed by atoms with Crippen molar-refractivity contribution in [3.63, 3.8) is 0 Å². The molecule has 0 aliphatic heterocycles. The van der Waals surface area contributed by atoms with Crippen LogP contribution in [0.4, 0.5) is 4.79 Å². The van der Waals surface area contributed by atoms with Crippen LogP contribution in [0.5, 0.6) is 0 Å². The number of nitrogens with one attached hydrogen (secondary N) is 2. The van der Waals surface area contributed by atoms with Crippen LogP contribution in [0, 0.1) is 11.3 Å². The van der Waals surface area contributed by atoms with Crippen LogP contribution in [-0.2, 0) is 11.4 Å². The van der Waals surface area contributed by atoms with Crippen molar-refractivity contribution >= 4 is 6.03 Å². The lowest BCUT2D eigenvalue weighted by Gasteiger charge is -2.15. The average Bonchev–Trinajstić information content (AvgIpc) is 2.56. The Labute approximate surface area is 129 Å². The maximum atomic E-state index is 11.7. The normalized spacial score (nSPS) is 11.3. The van der Waals surface area contributed by atoms with Crippen molar-refractivity contribution in [2.24, 2.45) is 0 Å². The highest BCUT2D eigenvalue weighted by molar-refractivity contribution is 5.73. The van der Waals surface area contributed by atoms with E-state index in [2.05, 4.69) is 16.9 Å². The van der Waals surface area contributed by atoms with Gasteiger partial charge >= 0.3 is 6.03 Å². The first kappa shape index (κ1) is 15.5. The van der Waals surface area contributed by atoms with E-state index in [4.69, 9.17) is 10.1 Å². The Morgan fingerprint density at radius 2 is 1.86 bits per heavy atom. The zero-order valence-electron chi connectivity index (χ0n) is 12.2. The first-order chi connectivity index (χ1) is 10.7. The van der Waals surface area contributed by atoms with E-state index in [0.29, 0.717) is 12.2 Å². The van der Waals surface area contributed by atoms with E-state index in [1.165, 1.54) is 0 Å². The lowest BCUT2D eigenvalue weighted by Crippen LogP contribution is -2.36. The molecule has 0 spiro atoms. The third-order valence-electron chi connectivity index (χ3n) is 3.13. The van der Waals surface area contributed by atoms with Gasteiger partial charge in [-0.3, -0.25) is 4.84 Å². The Morgan fingerprint density at radius 1 is 1.18 bits per heavy atom. The molecule has 2 aromatic rings. The van der Waals surface area contributed by atoms with Gasteiger partial charge < -0.3 is 5.32 Å². The summed E-state index contributed by atoms with van der Waals surface area (Å²) in [5.41, 5.74) is 4.83. The SMILES string of the molecule is C[C@@H](NC(=O)NOCc1ccccc1)c1ccc(C#N)cc1. The molecule has 0 aliphatic carbocycles. The van der Waals surface area contributed by atoms with Gasteiger partial charge in [-0.05, 0) is 30.2 Å². The fraction of sp³-hybridized carbons (Fsp3) is 0.176. The van der Waals surface area contributed by atoms with Crippen molar-refractivity contribution in [2.45, 2.75) is 19.6 Å². The number of carbonyl (C=O) groups is 1. The molecule has 2 rings (SSSR count). The number of hydrogen-bond donors (Lipinski definition) is 2. The van der Waals surface area contributed by atoms with Gasteiger partial charge in [-0.15, -0.1) is 0 Å². The molecule has 0 aromatic heterocycles. The molecule has 0 radical (unpaired) electrons. The van der Waals surface area contributed by atoms with E-state index in [-0.39, 0.29) is 6.04 Å². The second-order valence-corrected chi connectivity index (χ2v) is 4.81. The minimum Gasteiger partial charge on any atom is -0.330 e. The highest BCUT2D eigenvalue weighted by Crippen LogP contribution is 2.12. The predicted octanol–water partition coefficient (Wildman–Crippen LogP) is 3.05. The maximum Gasteiger partial charge on any atom is 0.339 e. The summed E-state index contributed by atoms with van der Waals surface area (Å²) in [5.74, 6) is 0. The largest absolute Gasteiger partial charge is 0.339 e. The van der Waals surface area contributed by atoms with Crippen molar-refractivity contribution in [1.82, 2.24) is 10.8 Å². The molecular formula is C17H17N3O2. The zero-order chi connectivity index (χ0) is 15.8. The van der Waals surface area contributed by atoms with E-state index in [1.807, 2.05) is 49.4 Å². The third-order valence-corrected chi connectivity index (χ3v) is 3.13. The summed E-state index contributed by atoms with van der Waals surface area (Å²) in [4.78, 5) is 16.9. The highest BCUT2D eigenvalue weighted by atomic mass is 16.7. The number of benzene rings is 2. The highest BCUT2D eigenvalue weighted by Gasteiger charge is 2.09. The van der Waals surface area contributed by atoms with Crippen LogP contribution < -0.4 is 10.8 Å². The molecule has 5 nitrogen and oxygen atoms in total. The average molecular weight is 295 g/mol. The lowest BCUT2D eigenvalue weighted by atomic mass is 10.1. The van der Waals surface area contributed by atoms with Gasteiger partial charge in [0.05, 0.1) is 24.3 Å². The summed E-state index contributed by atoms with van der Waals surface area (Å²) >= 11 is 0. The topological polar surface area (TPSA) is 74.2 Å². The summed E-state index contributed by atoms with van der Waals surface area (Å²) in [6, 6.07) is 18.1. The van der Waals surface area contributed by atoms with Gasteiger partial charge in [-0.1, -0.05) is 42.5 Å². The summed E-state index contributed by atoms with van der Waals surface area (Å²) in [5, 5.41) is 11.5. The molecule has 0 saturated carbocycles. The van der Waals surface area contributed by atoms with Crippen LogP contribution >= 0.6 is 0 Å². The predicted molar refractivity (Wildman–Crippen MR) is 82.5 cm³/mol. The Hall–Kier alpha value is -2.84. The van der Waals surface area contributed by atoms with Crippen LogP contribution in [-0.4, -0.2) is 6.03 Å². The number of rotatable bonds is 5. The Kier molecular flexibility index (Phi) is 5.52. The molecule has 2 amide bonds. The molecule has 112 valence electrons. The van der Waals surface area contributed by atoms with Crippen molar-refractivity contribution in [3.05, 3.63) is 71.3 Å². The second kappa shape index (κ2) is 7.81. The number of hydrogen-bond acceptors (Lipinski definition) is 3. The minimum atomic E-state index is -0.409. The summed E-state index contributed by atoms with van der Waals surface area (Å²) in [6.07, 6.45) is 0. The molecule has 0 aliphatic rings. The van der Waals surface area contributed by atoms with Crippen molar-refractivity contribution in [2.75, 3.05) is 0 Å². The Balaban J connectivity index is 1.77. The molecule has 2 N–H and O–H groups in total. The van der Waals surface area contributed by atoms with Gasteiger partial charge in [0.25, 0.3) is 0 Å². The van der Waals surface area contributed by atoms with Crippen LogP contribution in [0.25, 0.3) is 0 Å². The summed E-state index contributed by atoms with van der Waals surface area (Å²) in [6.45, 7) is 2.16. The van der Waals surface area contributed by atoms with Gasteiger partial charge in [0, 0.05) is 0 Å². The van der Waals surface area contributed by atoms with Crippen LogP contribution in [0.1, 0.15) is 29.7 Å². The minimum absolute atomic E-state index is 0.187. The Morgan fingerprint density at radius 3 is 2.50 bits per heavy atom. The molecule has 0 heterocycles. The number of hydroxylamine groups is 1. The third kappa shape index (κ3) is 4.62. The number of nitriles is 1. The molecule has 5 heteroatoms. The molecule has 0 fully saturated rings. The second-order valence-electron chi connectivity index (χ2n) is 4.81. The molecule has 0 unspecified atom stereocenters. The maximum absolute atomic E-state index is 11.7. The van der Waals surface area contributed by atoms with E-state index in [9.17, 15) is 4.79 Å². The number of carbonyl (C=O) groups excluding carboxylic acids is 1. The lowest BCUT2D eigenvalue weighted by molar-refractivity contribution is 0.0483. The van der Waals surface area contributed by atoms with E-state index >= 15 is 0 Å². The van der Waals surface area contributed by atoms with Gasteiger partial charge in [0.15, 0.2) is 0 Å². The van der Waals surface area contributed by atoms with Gasteiger partial charge in [0.1, 0.15) is 0 Å². The first-order valence-electron chi connectivity index (χ1n) is 6.91. The van der Waals surface area contributed by atoms with Crippen molar-refractivity contribution in [3.8, 4) is 6.07 Å². The number of nitrogens with zero attached hydrogens (tertiary/aromatic N) is 1. The number of urea groups is 1. The van der Waals surface area contributed by atoms with Crippen LogP contribution in [0.15, 0.2) is 54.6 Å². The van der Waals surface area contributed by atoms with Gasteiger partial charge in [-0.25, -0.2) is 10.3 Å². The quantitative estimate of drug-likeness (QED) is 0.833. The molecule has 2 aromatic carbocycles. The fourth-order valence-electron chi connectivity index (χ4n) is 1.91. The van der Waals surface area contributed by atoms with Crippen molar-refractivity contribution < 1.29 is 9.63 Å². The summed E-state index contributed by atoms with van der Waals surface area (Å²) < 4.78 is 0. The van der Waals surface area contributed by atoms with Crippen molar-refractivity contribution in [1.29, 1.82) is 5.26 Å². The molecule has 1 atom stereocenters. The molecule has 0 bridgehead atoms. The van der Waals surface area contributed by atoms with Gasteiger partial charge in [0.2, 0.25) is 0 Å². The van der Waals surface area contributed by atoms with Crippen LogP contribution in [0.2, 0.25) is 0 Å². The smallest absolute Gasteiger partial charge is 0.330 e. The van der Waals surface area contributed by atoms with E-state index in [1.54, 1.807) is 12.1 Å². The molecular weight excluding hydrogens is 278 g/mol. The molecule has 22 heavy (non-hydrogen) atoms. The fourth-order valence-corrected chi connectivity index (χ4v) is 1.91. The van der Waals surface area contributed by atoms with Gasteiger partial charge in [-0.2, -0.15) is 5.26 Å². The first-order valence-corrected chi connectivity index (χ1v) is 6.91. The van der Waals surface area contributed by atoms with Crippen LogP contribution in [0.3, 0.4) is 0 Å². The Bertz CT molecular complexity index is 648. The standard InChI is InChI=1S/C17H17N3O2/c1-13(16-9-7-14(11-18)8-10-16)19-17(21)20-22-12-15-5-3-2-4-6-15/h2-10,13H,12H2,1H3,(H2,19,20,21)/t13-/m1/s1. The number of amides is 2. The molecule has 0 saturated heterocycles. The van der Waals surface area contributed by atoms with E-state index in [0.717, 1.165) is 11.1 Å².